The molecular formula is C14H27N3O2. The van der Waals surface area contributed by atoms with E-state index in [0.717, 1.165) is 26.2 Å². The number of hydrogen-bond acceptors (Lipinski definition) is 4. The Kier molecular flexibility index (Phi) is 5.19. The van der Waals surface area contributed by atoms with Crippen molar-refractivity contribution in [1.82, 2.24) is 15.5 Å². The number of carbonyl (C=O) groups excluding carboxylic acids is 1. The summed E-state index contributed by atoms with van der Waals surface area (Å²) >= 11 is 0. The Morgan fingerprint density at radius 1 is 1.42 bits per heavy atom. The topological polar surface area (TPSA) is 53.6 Å². The highest BCUT2D eigenvalue weighted by Gasteiger charge is 2.32. The summed E-state index contributed by atoms with van der Waals surface area (Å²) in [4.78, 5) is 14.2. The molecule has 5 nitrogen and oxygen atoms in total. The summed E-state index contributed by atoms with van der Waals surface area (Å²) in [5.41, 5.74) is -0.140. The van der Waals surface area contributed by atoms with Crippen molar-refractivity contribution in [2.75, 3.05) is 45.9 Å². The van der Waals surface area contributed by atoms with Crippen molar-refractivity contribution in [3.05, 3.63) is 0 Å². The van der Waals surface area contributed by atoms with Crippen LogP contribution in [0.25, 0.3) is 0 Å². The summed E-state index contributed by atoms with van der Waals surface area (Å²) in [6.45, 7) is 10.3. The van der Waals surface area contributed by atoms with Gasteiger partial charge < -0.3 is 20.3 Å². The van der Waals surface area contributed by atoms with E-state index in [1.54, 1.807) is 0 Å². The van der Waals surface area contributed by atoms with E-state index in [1.807, 2.05) is 6.92 Å². The minimum absolute atomic E-state index is 0.00129. The maximum atomic E-state index is 11.7. The molecule has 0 saturated carbocycles. The van der Waals surface area contributed by atoms with E-state index in [0.29, 0.717) is 5.92 Å². The van der Waals surface area contributed by atoms with Crippen LogP contribution in [-0.4, -0.2) is 62.3 Å². The van der Waals surface area contributed by atoms with Gasteiger partial charge in [-0.25, -0.2) is 0 Å². The van der Waals surface area contributed by atoms with Gasteiger partial charge in [-0.15, -0.1) is 0 Å². The highest BCUT2D eigenvalue weighted by Crippen LogP contribution is 2.14. The molecule has 2 N–H and O–H groups in total. The summed E-state index contributed by atoms with van der Waals surface area (Å²) in [5, 5.41) is 6.12. The second-order valence-corrected chi connectivity index (χ2v) is 6.26. The lowest BCUT2D eigenvalue weighted by molar-refractivity contribution is -0.136. The predicted molar refractivity (Wildman–Crippen MR) is 75.1 cm³/mol. The van der Waals surface area contributed by atoms with Crippen molar-refractivity contribution >= 4 is 5.91 Å². The van der Waals surface area contributed by atoms with Crippen LogP contribution in [0.3, 0.4) is 0 Å². The van der Waals surface area contributed by atoms with Gasteiger partial charge in [-0.05, 0) is 38.8 Å². The van der Waals surface area contributed by atoms with Crippen molar-refractivity contribution in [1.29, 1.82) is 0 Å². The third kappa shape index (κ3) is 4.75. The minimum atomic E-state index is -0.140. The second-order valence-electron chi connectivity index (χ2n) is 6.26. The summed E-state index contributed by atoms with van der Waals surface area (Å²) < 4.78 is 5.61. The maximum absolute atomic E-state index is 11.7. The zero-order chi connectivity index (χ0) is 13.7. The molecule has 2 heterocycles. The lowest BCUT2D eigenvalue weighted by atomic mass is 10.0. The molecule has 0 aromatic heterocycles. The van der Waals surface area contributed by atoms with Crippen molar-refractivity contribution in [3.8, 4) is 0 Å². The number of ether oxygens (including phenoxy) is 1. The average Bonchev–Trinajstić information content (AvgIpc) is 2.84. The van der Waals surface area contributed by atoms with Crippen LogP contribution in [0.2, 0.25) is 0 Å². The average molecular weight is 269 g/mol. The largest absolute Gasteiger partial charge is 0.363 e. The number of rotatable bonds is 7. The quantitative estimate of drug-likeness (QED) is 0.694. The van der Waals surface area contributed by atoms with Crippen LogP contribution in [0.4, 0.5) is 0 Å². The van der Waals surface area contributed by atoms with Gasteiger partial charge in [0.15, 0.2) is 0 Å². The molecule has 2 saturated heterocycles. The number of nitrogens with one attached hydrogen (secondary N) is 2. The summed E-state index contributed by atoms with van der Waals surface area (Å²) in [6, 6.07) is 0. The molecule has 0 bridgehead atoms. The molecule has 0 aromatic carbocycles. The summed E-state index contributed by atoms with van der Waals surface area (Å²) in [6.07, 6.45) is 2.64. The van der Waals surface area contributed by atoms with Gasteiger partial charge in [0.05, 0.1) is 5.60 Å². The van der Waals surface area contributed by atoms with E-state index in [9.17, 15) is 4.79 Å². The number of nitrogens with zero attached hydrogens (tertiary/aromatic N) is 1. The lowest BCUT2D eigenvalue weighted by Gasteiger charge is -2.38. The van der Waals surface area contributed by atoms with Crippen LogP contribution < -0.4 is 10.6 Å². The zero-order valence-electron chi connectivity index (χ0n) is 12.2. The molecule has 0 radical (unpaired) electrons. The van der Waals surface area contributed by atoms with Crippen LogP contribution in [0, 0.1) is 5.92 Å². The van der Waals surface area contributed by atoms with E-state index in [2.05, 4.69) is 22.5 Å². The molecule has 0 aromatic rings. The predicted octanol–water partition coefficient (Wildman–Crippen LogP) is 0.213. The molecule has 1 atom stereocenters. The Labute approximate surface area is 116 Å². The molecule has 2 fully saturated rings. The number of likely N-dealkylation sites (tertiary alicyclic amines) is 1. The first-order valence-electron chi connectivity index (χ1n) is 7.41. The van der Waals surface area contributed by atoms with E-state index >= 15 is 0 Å². The normalized spacial score (nSPS) is 23.9. The first kappa shape index (κ1) is 14.8. The fourth-order valence-corrected chi connectivity index (χ4v) is 2.63. The Morgan fingerprint density at radius 2 is 2.11 bits per heavy atom. The summed E-state index contributed by atoms with van der Waals surface area (Å²) in [5.74, 6) is 0.504. The molecule has 2 aliphatic rings. The molecule has 2 rings (SSSR count). The van der Waals surface area contributed by atoms with Gasteiger partial charge in [0, 0.05) is 26.2 Å². The van der Waals surface area contributed by atoms with Crippen LogP contribution in [0.15, 0.2) is 0 Å². The second kappa shape index (κ2) is 6.68. The lowest BCUT2D eigenvalue weighted by Crippen LogP contribution is -2.59. The van der Waals surface area contributed by atoms with Gasteiger partial charge >= 0.3 is 0 Å². The highest BCUT2D eigenvalue weighted by molar-refractivity contribution is 5.77. The zero-order valence-corrected chi connectivity index (χ0v) is 12.2. The Hall–Kier alpha value is -0.650. The summed E-state index contributed by atoms with van der Waals surface area (Å²) in [7, 11) is 0. The van der Waals surface area contributed by atoms with Crippen molar-refractivity contribution < 1.29 is 9.53 Å². The molecule has 1 amide bonds. The van der Waals surface area contributed by atoms with E-state index in [-0.39, 0.29) is 18.1 Å². The van der Waals surface area contributed by atoms with Gasteiger partial charge in [0.2, 0.25) is 5.91 Å². The molecule has 19 heavy (non-hydrogen) atoms. The molecule has 0 aliphatic carbocycles. The van der Waals surface area contributed by atoms with Crippen LogP contribution in [-0.2, 0) is 9.53 Å². The van der Waals surface area contributed by atoms with Gasteiger partial charge in [0.25, 0.3) is 0 Å². The molecular weight excluding hydrogens is 242 g/mol. The third-order valence-corrected chi connectivity index (χ3v) is 3.97. The molecule has 0 spiro atoms. The van der Waals surface area contributed by atoms with Crippen LogP contribution >= 0.6 is 0 Å². The minimum Gasteiger partial charge on any atom is -0.363 e. The monoisotopic (exact) mass is 269 g/mol. The Bertz CT molecular complexity index is 299. The fraction of sp³-hybridized carbons (Fsp3) is 0.929. The number of carbonyl (C=O) groups is 1. The highest BCUT2D eigenvalue weighted by atomic mass is 16.5. The Morgan fingerprint density at radius 3 is 2.68 bits per heavy atom. The van der Waals surface area contributed by atoms with Crippen molar-refractivity contribution in [3.63, 3.8) is 0 Å². The maximum Gasteiger partial charge on any atom is 0.246 e. The first-order chi connectivity index (χ1) is 9.07. The molecule has 110 valence electrons. The fourth-order valence-electron chi connectivity index (χ4n) is 2.63. The van der Waals surface area contributed by atoms with Gasteiger partial charge in [0.1, 0.15) is 6.61 Å². The standard InChI is InChI=1S/C14H27N3O2/c1-12(8-17-5-3-4-6-17)7-16-13(18)9-19-14(2)10-15-11-14/h12,15H,3-11H2,1-2H3,(H,16,18). The van der Waals surface area contributed by atoms with E-state index < -0.39 is 0 Å². The van der Waals surface area contributed by atoms with Gasteiger partial charge in [-0.3, -0.25) is 4.79 Å². The molecule has 5 heteroatoms. The van der Waals surface area contributed by atoms with Crippen molar-refractivity contribution in [2.45, 2.75) is 32.3 Å². The third-order valence-electron chi connectivity index (χ3n) is 3.97. The van der Waals surface area contributed by atoms with Gasteiger partial charge in [-0.2, -0.15) is 0 Å². The Balaban J connectivity index is 1.54. The number of hydrogen-bond donors (Lipinski definition) is 2. The smallest absolute Gasteiger partial charge is 0.246 e. The van der Waals surface area contributed by atoms with E-state index in [1.165, 1.54) is 25.9 Å². The SMILES string of the molecule is CC(CNC(=O)COC1(C)CNC1)CN1CCCC1. The number of amides is 1. The van der Waals surface area contributed by atoms with Gasteiger partial charge in [-0.1, -0.05) is 6.92 Å². The van der Waals surface area contributed by atoms with E-state index in [4.69, 9.17) is 4.74 Å². The van der Waals surface area contributed by atoms with Crippen LogP contribution in [0.5, 0.6) is 0 Å². The molecule has 2 aliphatic heterocycles. The van der Waals surface area contributed by atoms with Crippen molar-refractivity contribution in [2.24, 2.45) is 5.92 Å². The molecule has 1 unspecified atom stereocenters. The van der Waals surface area contributed by atoms with Crippen LogP contribution in [0.1, 0.15) is 26.7 Å². The first-order valence-corrected chi connectivity index (χ1v) is 7.41.